The first kappa shape index (κ1) is 33.3. The lowest BCUT2D eigenvalue weighted by molar-refractivity contribution is -0.170. The Balaban J connectivity index is 1.59. The highest BCUT2D eigenvalue weighted by Crippen LogP contribution is 2.39. The topological polar surface area (TPSA) is 170 Å². The highest BCUT2D eigenvalue weighted by molar-refractivity contribution is 5.96. The zero-order valence-electron chi connectivity index (χ0n) is 26.2. The van der Waals surface area contributed by atoms with Crippen molar-refractivity contribution in [2.45, 2.75) is 71.4 Å². The number of piperazine rings is 1. The van der Waals surface area contributed by atoms with E-state index >= 15 is 0 Å². The van der Waals surface area contributed by atoms with Crippen LogP contribution in [0.1, 0.15) is 67.6 Å². The van der Waals surface area contributed by atoms with Crippen molar-refractivity contribution in [3.05, 3.63) is 41.1 Å². The molecule has 0 radical (unpaired) electrons. The number of carboxylic acids is 1. The van der Waals surface area contributed by atoms with Crippen molar-refractivity contribution in [3.8, 4) is 11.6 Å². The van der Waals surface area contributed by atoms with Gasteiger partial charge in [-0.25, -0.2) is 14.3 Å². The van der Waals surface area contributed by atoms with Gasteiger partial charge in [-0.15, -0.1) is 0 Å². The monoisotopic (exact) mass is 627 g/mol. The standard InChI is InChI=1S/C31H41N5O9/c1-5-43-29(41)31(10-7-11-31)45-25-19-24(33-36(25)22-17-20(3)16-21(4)18-22)27(39)32-23(8-9-26(37)38)28(40)34-12-14-35(15-13-34)30(42)44-6-2/h16-19,23H,5-15H2,1-4H3,(H,32,39)(H,37,38). The second-order valence-corrected chi connectivity index (χ2v) is 11.3. The van der Waals surface area contributed by atoms with Crippen LogP contribution in [0.5, 0.6) is 5.88 Å². The molecule has 0 bridgehead atoms. The molecule has 1 atom stereocenters. The lowest BCUT2D eigenvalue weighted by Crippen LogP contribution is -2.56. The van der Waals surface area contributed by atoms with E-state index < -0.39 is 41.5 Å². The van der Waals surface area contributed by atoms with Crippen molar-refractivity contribution < 1.29 is 43.3 Å². The summed E-state index contributed by atoms with van der Waals surface area (Å²) in [7, 11) is 0. The van der Waals surface area contributed by atoms with E-state index in [0.29, 0.717) is 18.5 Å². The van der Waals surface area contributed by atoms with Crippen molar-refractivity contribution in [1.29, 1.82) is 0 Å². The molecule has 2 heterocycles. The number of ether oxygens (including phenoxy) is 3. The first-order chi connectivity index (χ1) is 21.5. The van der Waals surface area contributed by atoms with Crippen molar-refractivity contribution in [3.63, 3.8) is 0 Å². The second kappa shape index (κ2) is 14.4. The first-order valence-corrected chi connectivity index (χ1v) is 15.2. The van der Waals surface area contributed by atoms with E-state index in [0.717, 1.165) is 17.5 Å². The number of aryl methyl sites for hydroxylation is 2. The van der Waals surface area contributed by atoms with Crippen LogP contribution >= 0.6 is 0 Å². The van der Waals surface area contributed by atoms with Crippen LogP contribution < -0.4 is 10.1 Å². The van der Waals surface area contributed by atoms with Crippen molar-refractivity contribution >= 4 is 29.8 Å². The van der Waals surface area contributed by atoms with Crippen LogP contribution in [-0.4, -0.2) is 106 Å². The molecule has 45 heavy (non-hydrogen) atoms. The maximum Gasteiger partial charge on any atom is 0.409 e. The molecule has 1 aliphatic heterocycles. The summed E-state index contributed by atoms with van der Waals surface area (Å²) in [6, 6.07) is 5.96. The molecular weight excluding hydrogens is 586 g/mol. The van der Waals surface area contributed by atoms with Gasteiger partial charge in [0, 0.05) is 38.7 Å². The van der Waals surface area contributed by atoms with E-state index in [1.54, 1.807) is 13.8 Å². The zero-order chi connectivity index (χ0) is 32.7. The summed E-state index contributed by atoms with van der Waals surface area (Å²) in [5.74, 6) is -2.63. The van der Waals surface area contributed by atoms with Crippen LogP contribution in [0.4, 0.5) is 4.79 Å². The second-order valence-electron chi connectivity index (χ2n) is 11.3. The summed E-state index contributed by atoms with van der Waals surface area (Å²) in [4.78, 5) is 66.4. The number of aliphatic carboxylic acids is 1. The largest absolute Gasteiger partial charge is 0.481 e. The van der Waals surface area contributed by atoms with Gasteiger partial charge in [-0.1, -0.05) is 6.07 Å². The molecule has 1 saturated heterocycles. The molecule has 1 unspecified atom stereocenters. The zero-order valence-corrected chi connectivity index (χ0v) is 26.2. The van der Waals surface area contributed by atoms with E-state index in [1.165, 1.54) is 20.5 Å². The summed E-state index contributed by atoms with van der Waals surface area (Å²) < 4.78 is 18.0. The van der Waals surface area contributed by atoms with Gasteiger partial charge in [-0.3, -0.25) is 14.4 Å². The van der Waals surface area contributed by atoms with Crippen LogP contribution in [0, 0.1) is 13.8 Å². The Morgan fingerprint density at radius 2 is 1.56 bits per heavy atom. The minimum atomic E-state index is -1.20. The van der Waals surface area contributed by atoms with E-state index in [4.69, 9.17) is 14.2 Å². The Labute approximate surface area is 261 Å². The van der Waals surface area contributed by atoms with Crippen LogP contribution in [0.3, 0.4) is 0 Å². The molecule has 2 fully saturated rings. The minimum absolute atomic E-state index is 0.0808. The molecule has 2 N–H and O–H groups in total. The summed E-state index contributed by atoms with van der Waals surface area (Å²) in [5.41, 5.74) is 1.22. The Bertz CT molecular complexity index is 1410. The smallest absolute Gasteiger partial charge is 0.409 e. The summed E-state index contributed by atoms with van der Waals surface area (Å²) in [6.45, 7) is 8.58. The van der Waals surface area contributed by atoms with Gasteiger partial charge in [-0.05, 0) is 76.6 Å². The van der Waals surface area contributed by atoms with E-state index in [2.05, 4.69) is 10.4 Å². The number of amides is 3. The fourth-order valence-electron chi connectivity index (χ4n) is 5.42. The van der Waals surface area contributed by atoms with Crippen molar-refractivity contribution in [2.24, 2.45) is 0 Å². The Kier molecular flexibility index (Phi) is 10.7. The fraction of sp³-hybridized carbons (Fsp3) is 0.548. The van der Waals surface area contributed by atoms with Crippen molar-refractivity contribution in [1.82, 2.24) is 24.9 Å². The minimum Gasteiger partial charge on any atom is -0.481 e. The van der Waals surface area contributed by atoms with E-state index in [-0.39, 0.29) is 63.8 Å². The van der Waals surface area contributed by atoms with Gasteiger partial charge < -0.3 is 34.4 Å². The average molecular weight is 628 g/mol. The Hall–Kier alpha value is -4.62. The molecule has 4 rings (SSSR count). The van der Waals surface area contributed by atoms with Crippen molar-refractivity contribution in [2.75, 3.05) is 39.4 Å². The molecule has 14 nitrogen and oxygen atoms in total. The lowest BCUT2D eigenvalue weighted by Gasteiger charge is -2.38. The van der Waals surface area contributed by atoms with Crippen LogP contribution in [-0.2, 0) is 23.9 Å². The van der Waals surface area contributed by atoms with E-state index in [9.17, 15) is 29.1 Å². The molecular formula is C31H41N5O9. The predicted octanol–water partition coefficient (Wildman–Crippen LogP) is 2.62. The number of nitrogens with one attached hydrogen (secondary N) is 1. The number of hydrogen-bond acceptors (Lipinski definition) is 9. The molecule has 1 saturated carbocycles. The number of nitrogens with zero attached hydrogens (tertiary/aromatic N) is 4. The van der Waals surface area contributed by atoms with Gasteiger partial charge in [0.05, 0.1) is 18.9 Å². The van der Waals surface area contributed by atoms with E-state index in [1.807, 2.05) is 32.0 Å². The highest BCUT2D eigenvalue weighted by Gasteiger charge is 2.49. The normalized spacial score (nSPS) is 16.3. The van der Waals surface area contributed by atoms with Gasteiger partial charge in [0.1, 0.15) is 6.04 Å². The van der Waals surface area contributed by atoms with Crippen LogP contribution in [0.25, 0.3) is 5.69 Å². The summed E-state index contributed by atoms with van der Waals surface area (Å²) >= 11 is 0. The Morgan fingerprint density at radius 3 is 2.11 bits per heavy atom. The van der Waals surface area contributed by atoms with Gasteiger partial charge in [0.25, 0.3) is 5.91 Å². The molecule has 2 aromatic rings. The number of esters is 1. The van der Waals surface area contributed by atoms with Gasteiger partial charge in [0.2, 0.25) is 17.4 Å². The molecule has 0 spiro atoms. The SMILES string of the molecule is CCOC(=O)N1CCN(C(=O)C(CCC(=O)O)NC(=O)c2cc(OC3(C(=O)OCC)CCC3)n(-c3cc(C)cc(C)c3)n2)CC1. The summed E-state index contributed by atoms with van der Waals surface area (Å²) in [6.07, 6.45) is 0.689. The number of hydrogen-bond donors (Lipinski definition) is 2. The van der Waals surface area contributed by atoms with Crippen LogP contribution in [0.15, 0.2) is 24.3 Å². The average Bonchev–Trinajstić information content (AvgIpc) is 3.40. The molecule has 1 aromatic carbocycles. The maximum absolute atomic E-state index is 13.6. The number of benzene rings is 1. The van der Waals surface area contributed by atoms with Gasteiger partial charge >= 0.3 is 18.0 Å². The molecule has 244 valence electrons. The highest BCUT2D eigenvalue weighted by atomic mass is 16.6. The van der Waals surface area contributed by atoms with Crippen LogP contribution in [0.2, 0.25) is 0 Å². The molecule has 1 aliphatic carbocycles. The molecule has 2 aliphatic rings. The number of aromatic nitrogens is 2. The predicted molar refractivity (Wildman–Crippen MR) is 160 cm³/mol. The third kappa shape index (κ3) is 7.91. The van der Waals surface area contributed by atoms with Gasteiger partial charge in [0.15, 0.2) is 5.69 Å². The number of carboxylic acid groups (broad SMARTS) is 1. The molecule has 14 heteroatoms. The summed E-state index contributed by atoms with van der Waals surface area (Å²) in [5, 5.41) is 16.5. The number of rotatable bonds is 12. The lowest BCUT2D eigenvalue weighted by atomic mass is 9.80. The third-order valence-electron chi connectivity index (χ3n) is 7.84. The molecule has 3 amide bonds. The number of carbonyl (C=O) groups excluding carboxylic acids is 4. The van der Waals surface area contributed by atoms with Gasteiger partial charge in [-0.2, -0.15) is 5.10 Å². The third-order valence-corrected chi connectivity index (χ3v) is 7.84. The number of carbonyl (C=O) groups is 5. The fourth-order valence-corrected chi connectivity index (χ4v) is 5.42. The first-order valence-electron chi connectivity index (χ1n) is 15.2. The molecule has 1 aromatic heterocycles. The maximum atomic E-state index is 13.6. The quantitative estimate of drug-likeness (QED) is 0.334. The Morgan fingerprint density at radius 1 is 0.933 bits per heavy atom.